The van der Waals surface area contributed by atoms with E-state index in [9.17, 15) is 15.3 Å². The Hall–Kier alpha value is -2.99. The summed E-state index contributed by atoms with van der Waals surface area (Å²) in [7, 11) is 0. The predicted molar refractivity (Wildman–Crippen MR) is 82.6 cm³/mol. The largest absolute Gasteiger partial charge is 0.450 e. The average Bonchev–Trinajstić information content (AvgIpc) is 2.88. The minimum Gasteiger partial charge on any atom is -0.450 e. The number of alkyl carbamates (subject to hydrolysis) is 1. The van der Waals surface area contributed by atoms with Gasteiger partial charge in [-0.15, -0.1) is 0 Å². The number of ether oxygens (including phenoxy) is 1. The Balaban J connectivity index is 1.99. The molecule has 3 rings (SSSR count). The summed E-state index contributed by atoms with van der Waals surface area (Å²) in [5, 5.41) is 22.0. The fourth-order valence-electron chi connectivity index (χ4n) is 3.33. The highest BCUT2D eigenvalue weighted by Crippen LogP contribution is 2.46. The van der Waals surface area contributed by atoms with Crippen molar-refractivity contribution in [3.63, 3.8) is 0 Å². The Morgan fingerprint density at radius 3 is 2.87 bits per heavy atom. The van der Waals surface area contributed by atoms with E-state index in [4.69, 9.17) is 4.74 Å². The van der Waals surface area contributed by atoms with E-state index in [0.29, 0.717) is 6.42 Å². The van der Waals surface area contributed by atoms with E-state index in [1.807, 2.05) is 30.3 Å². The highest BCUT2D eigenvalue weighted by Gasteiger charge is 2.55. The minimum atomic E-state index is -1.44. The van der Waals surface area contributed by atoms with Crippen LogP contribution in [-0.4, -0.2) is 29.2 Å². The van der Waals surface area contributed by atoms with Crippen LogP contribution in [0.5, 0.6) is 0 Å². The third-order valence-electron chi connectivity index (χ3n) is 4.38. The summed E-state index contributed by atoms with van der Waals surface area (Å²) in [5.74, 6) is 0. The molecule has 6 nitrogen and oxygen atoms in total. The molecule has 116 valence electrons. The molecule has 0 aromatic heterocycles. The number of fused-ring (bicyclic) bond motifs is 3. The molecule has 1 aromatic rings. The van der Waals surface area contributed by atoms with Crippen molar-refractivity contribution in [2.24, 2.45) is 0 Å². The average molecular weight is 308 g/mol. The van der Waals surface area contributed by atoms with Gasteiger partial charge in [0.1, 0.15) is 12.1 Å². The van der Waals surface area contributed by atoms with E-state index < -0.39 is 17.7 Å². The molecule has 2 aliphatic heterocycles. The maximum atomic E-state index is 11.8. The van der Waals surface area contributed by atoms with Gasteiger partial charge in [-0.25, -0.2) is 4.79 Å². The third-order valence-corrected chi connectivity index (χ3v) is 4.38. The number of hydrogen-bond acceptors (Lipinski definition) is 5. The molecule has 2 atom stereocenters. The Labute approximate surface area is 134 Å². The second-order valence-electron chi connectivity index (χ2n) is 5.51. The number of nitriles is 2. The first-order valence-corrected chi connectivity index (χ1v) is 7.47. The molecule has 6 heteroatoms. The van der Waals surface area contributed by atoms with Crippen molar-refractivity contribution >= 4 is 12.2 Å². The van der Waals surface area contributed by atoms with Crippen molar-refractivity contribution in [2.45, 2.75) is 31.0 Å². The van der Waals surface area contributed by atoms with Crippen molar-refractivity contribution in [3.05, 3.63) is 41.6 Å². The maximum Gasteiger partial charge on any atom is 0.407 e. The topological polar surface area (TPSA) is 89.2 Å². The van der Waals surface area contributed by atoms with Crippen molar-refractivity contribution < 1.29 is 9.53 Å². The van der Waals surface area contributed by atoms with E-state index in [1.165, 1.54) is 0 Å². The molecule has 2 unspecified atom stereocenters. The zero-order valence-electron chi connectivity index (χ0n) is 12.7. The molecule has 1 N–H and O–H groups in total. The molecule has 0 spiro atoms. The third kappa shape index (κ3) is 2.20. The van der Waals surface area contributed by atoms with E-state index >= 15 is 0 Å². The number of rotatable bonds is 2. The van der Waals surface area contributed by atoms with Gasteiger partial charge in [-0.3, -0.25) is 0 Å². The fourth-order valence-corrected chi connectivity index (χ4v) is 3.33. The lowest BCUT2D eigenvalue weighted by Crippen LogP contribution is -2.53. The van der Waals surface area contributed by atoms with Crippen LogP contribution >= 0.6 is 0 Å². The van der Waals surface area contributed by atoms with Gasteiger partial charge in [0.15, 0.2) is 0 Å². The number of hydrogen-bond donors (Lipinski definition) is 1. The molecule has 1 aromatic carbocycles. The maximum absolute atomic E-state index is 11.8. The monoisotopic (exact) mass is 308 g/mol. The Bertz CT molecular complexity index is 730. The molecule has 1 amide bonds. The predicted octanol–water partition coefficient (Wildman–Crippen LogP) is 2.32. The standard InChI is InChI=1S/C17H16N4O2/c1-2-23-16(22)20-15-9-14-13-6-4-3-5-12(13)7-8-21(14)17(15,10-18)11-19/h3-8,14-15H,2,9H2,1H3,(H,20,22). The van der Waals surface area contributed by atoms with Crippen molar-refractivity contribution in [1.82, 2.24) is 10.2 Å². The SMILES string of the molecule is CCOC(=O)NC1CC2c3ccccc3C=CN2C1(C#N)C#N. The van der Waals surface area contributed by atoms with Gasteiger partial charge in [-0.05, 0) is 30.5 Å². The number of nitrogens with one attached hydrogen (secondary N) is 1. The molecule has 23 heavy (non-hydrogen) atoms. The number of nitrogens with zero attached hydrogens (tertiary/aromatic N) is 3. The lowest BCUT2D eigenvalue weighted by molar-refractivity contribution is 0.144. The number of carbonyl (C=O) groups excluding carboxylic acids is 1. The van der Waals surface area contributed by atoms with Crippen LogP contribution in [-0.2, 0) is 4.74 Å². The summed E-state index contributed by atoms with van der Waals surface area (Å²) in [6.07, 6.45) is 3.53. The van der Waals surface area contributed by atoms with Gasteiger partial charge in [0, 0.05) is 6.20 Å². The molecule has 1 saturated heterocycles. The van der Waals surface area contributed by atoms with Crippen LogP contribution in [0.4, 0.5) is 4.79 Å². The van der Waals surface area contributed by atoms with Crippen LogP contribution in [0.2, 0.25) is 0 Å². The summed E-state index contributed by atoms with van der Waals surface area (Å²) in [6.45, 7) is 1.94. The molecule has 0 bridgehead atoms. The molecule has 0 radical (unpaired) electrons. The molecule has 0 aliphatic carbocycles. The zero-order chi connectivity index (χ0) is 16.4. The normalized spacial score (nSPS) is 23.2. The van der Waals surface area contributed by atoms with Gasteiger partial charge in [-0.2, -0.15) is 10.5 Å². The molecule has 1 fully saturated rings. The van der Waals surface area contributed by atoms with Crippen molar-refractivity contribution in [2.75, 3.05) is 6.61 Å². The second kappa shape index (κ2) is 5.66. The molecular formula is C17H16N4O2. The van der Waals surface area contributed by atoms with Crippen LogP contribution in [0.3, 0.4) is 0 Å². The first-order chi connectivity index (χ1) is 11.2. The Morgan fingerprint density at radius 1 is 1.43 bits per heavy atom. The van der Waals surface area contributed by atoms with E-state index in [-0.39, 0.29) is 12.6 Å². The van der Waals surface area contributed by atoms with E-state index in [1.54, 1.807) is 18.0 Å². The van der Waals surface area contributed by atoms with E-state index in [2.05, 4.69) is 17.5 Å². The number of carbonyl (C=O) groups is 1. The summed E-state index contributed by atoms with van der Waals surface area (Å²) in [4.78, 5) is 13.5. The summed E-state index contributed by atoms with van der Waals surface area (Å²) >= 11 is 0. The van der Waals surface area contributed by atoms with Crippen molar-refractivity contribution in [1.29, 1.82) is 10.5 Å². The van der Waals surface area contributed by atoms with Gasteiger partial charge >= 0.3 is 6.09 Å². The molecular weight excluding hydrogens is 292 g/mol. The molecule has 0 saturated carbocycles. The lowest BCUT2D eigenvalue weighted by atomic mass is 9.94. The van der Waals surface area contributed by atoms with Crippen molar-refractivity contribution in [3.8, 4) is 12.1 Å². The summed E-state index contributed by atoms with van der Waals surface area (Å²) in [5.41, 5.74) is 0.676. The molecule has 2 heterocycles. The number of amides is 1. The quantitative estimate of drug-likeness (QED) is 0.905. The van der Waals surface area contributed by atoms with Crippen LogP contribution in [0.25, 0.3) is 6.08 Å². The van der Waals surface area contributed by atoms with Gasteiger partial charge in [0.25, 0.3) is 0 Å². The highest BCUT2D eigenvalue weighted by atomic mass is 16.5. The first kappa shape index (κ1) is 14.9. The Kier molecular flexibility index (Phi) is 3.67. The highest BCUT2D eigenvalue weighted by molar-refractivity contribution is 5.69. The number of benzene rings is 1. The van der Waals surface area contributed by atoms with Crippen LogP contribution in [0.15, 0.2) is 30.5 Å². The minimum absolute atomic E-state index is 0.123. The van der Waals surface area contributed by atoms with Gasteiger partial charge < -0.3 is 15.0 Å². The van der Waals surface area contributed by atoms with E-state index in [0.717, 1.165) is 11.1 Å². The second-order valence-corrected chi connectivity index (χ2v) is 5.51. The van der Waals surface area contributed by atoms with Gasteiger partial charge in [-0.1, -0.05) is 24.3 Å². The zero-order valence-corrected chi connectivity index (χ0v) is 12.7. The smallest absolute Gasteiger partial charge is 0.407 e. The lowest BCUT2D eigenvalue weighted by Gasteiger charge is -2.35. The van der Waals surface area contributed by atoms with Crippen LogP contribution in [0.1, 0.15) is 30.5 Å². The summed E-state index contributed by atoms with van der Waals surface area (Å²) < 4.78 is 4.90. The van der Waals surface area contributed by atoms with Crippen LogP contribution < -0.4 is 5.32 Å². The van der Waals surface area contributed by atoms with Gasteiger partial charge in [0.05, 0.1) is 18.7 Å². The summed E-state index contributed by atoms with van der Waals surface area (Å²) in [6, 6.07) is 11.3. The van der Waals surface area contributed by atoms with Gasteiger partial charge in [0.2, 0.25) is 5.54 Å². The molecule has 2 aliphatic rings. The fraction of sp³-hybridized carbons (Fsp3) is 0.353. The first-order valence-electron chi connectivity index (χ1n) is 7.47. The Morgan fingerprint density at radius 2 is 2.17 bits per heavy atom. The van der Waals surface area contributed by atoms with Crippen LogP contribution in [0, 0.1) is 22.7 Å².